The number of hydrogen-bond donors (Lipinski definition) is 0. The van der Waals surface area contributed by atoms with Gasteiger partial charge in [-0.15, -0.1) is 11.3 Å². The number of hydrogen-bond acceptors (Lipinski definition) is 4. The van der Waals surface area contributed by atoms with Crippen molar-refractivity contribution < 1.29 is 18.7 Å². The SMILES string of the molecule is CC[C@H](C)CN(CC(=O)N1CCc2sccc2[C@H]1COc1cccc(F)c1)C(=O)C1CC1. The Hall–Kier alpha value is -2.41. The van der Waals surface area contributed by atoms with Crippen molar-refractivity contribution in [3.63, 3.8) is 0 Å². The minimum absolute atomic E-state index is 0.0491. The first-order valence-corrected chi connectivity index (χ1v) is 12.4. The molecule has 1 aliphatic carbocycles. The van der Waals surface area contributed by atoms with Gasteiger partial charge in [-0.2, -0.15) is 0 Å². The van der Waals surface area contributed by atoms with Crippen LogP contribution < -0.4 is 4.74 Å². The molecule has 0 unspecified atom stereocenters. The zero-order valence-electron chi connectivity index (χ0n) is 18.8. The Morgan fingerprint density at radius 3 is 2.84 bits per heavy atom. The maximum atomic E-state index is 13.6. The molecular formula is C25H31FN2O3S. The van der Waals surface area contributed by atoms with Crippen molar-refractivity contribution in [3.05, 3.63) is 52.0 Å². The molecule has 2 heterocycles. The summed E-state index contributed by atoms with van der Waals surface area (Å²) in [6.45, 7) is 5.79. The molecule has 2 amide bonds. The van der Waals surface area contributed by atoms with E-state index in [4.69, 9.17) is 4.74 Å². The molecule has 1 saturated carbocycles. The fourth-order valence-corrected chi connectivity index (χ4v) is 5.12. The van der Waals surface area contributed by atoms with Crippen LogP contribution in [0.3, 0.4) is 0 Å². The fraction of sp³-hybridized carbons (Fsp3) is 0.520. The van der Waals surface area contributed by atoms with Gasteiger partial charge < -0.3 is 14.5 Å². The van der Waals surface area contributed by atoms with Gasteiger partial charge in [0.2, 0.25) is 11.8 Å². The molecule has 0 radical (unpaired) electrons. The van der Waals surface area contributed by atoms with Gasteiger partial charge in [-0.1, -0.05) is 26.3 Å². The van der Waals surface area contributed by atoms with E-state index >= 15 is 0 Å². The summed E-state index contributed by atoms with van der Waals surface area (Å²) in [5.41, 5.74) is 1.09. The molecule has 1 aromatic heterocycles. The second-order valence-electron chi connectivity index (χ2n) is 8.93. The molecule has 0 N–H and O–H groups in total. The standard InChI is InChI=1S/C25H31FN2O3S/c1-3-17(2)14-27(25(30)18-7-8-18)15-24(29)28-11-9-23-21(10-12-32-23)22(28)16-31-20-6-4-5-19(26)13-20/h4-6,10,12-13,17-18,22H,3,7-9,11,14-16H2,1-2H3/t17-,22+/m0/s1. The highest BCUT2D eigenvalue weighted by molar-refractivity contribution is 7.10. The highest BCUT2D eigenvalue weighted by Gasteiger charge is 2.37. The number of benzene rings is 1. The van der Waals surface area contributed by atoms with E-state index in [9.17, 15) is 14.0 Å². The zero-order chi connectivity index (χ0) is 22.7. The first kappa shape index (κ1) is 22.8. The molecule has 1 aliphatic heterocycles. The lowest BCUT2D eigenvalue weighted by Gasteiger charge is -2.37. The highest BCUT2D eigenvalue weighted by Crippen LogP contribution is 2.35. The van der Waals surface area contributed by atoms with Crippen LogP contribution in [0.5, 0.6) is 5.75 Å². The van der Waals surface area contributed by atoms with E-state index in [0.717, 1.165) is 31.2 Å². The van der Waals surface area contributed by atoms with Crippen LogP contribution in [0.15, 0.2) is 35.7 Å². The van der Waals surface area contributed by atoms with Gasteiger partial charge in [-0.3, -0.25) is 9.59 Å². The lowest BCUT2D eigenvalue weighted by atomic mass is 10.00. The Labute approximate surface area is 193 Å². The molecule has 4 rings (SSSR count). The quantitative estimate of drug-likeness (QED) is 0.548. The van der Waals surface area contributed by atoms with Crippen molar-refractivity contribution in [1.29, 1.82) is 0 Å². The van der Waals surface area contributed by atoms with E-state index in [1.807, 2.05) is 16.3 Å². The number of halogens is 1. The molecule has 172 valence electrons. The number of ether oxygens (including phenoxy) is 1. The monoisotopic (exact) mass is 458 g/mol. The van der Waals surface area contributed by atoms with Crippen molar-refractivity contribution in [1.82, 2.24) is 9.80 Å². The van der Waals surface area contributed by atoms with Gasteiger partial charge in [-0.25, -0.2) is 4.39 Å². The number of carbonyl (C=O) groups is 2. The summed E-state index contributed by atoms with van der Waals surface area (Å²) in [5, 5.41) is 2.04. The van der Waals surface area contributed by atoms with E-state index < -0.39 is 0 Å². The van der Waals surface area contributed by atoms with Crippen LogP contribution in [0, 0.1) is 17.7 Å². The van der Waals surface area contributed by atoms with E-state index in [2.05, 4.69) is 13.8 Å². The molecule has 2 aromatic rings. The van der Waals surface area contributed by atoms with Gasteiger partial charge >= 0.3 is 0 Å². The molecule has 0 spiro atoms. The fourth-order valence-electron chi connectivity index (χ4n) is 4.19. The minimum Gasteiger partial charge on any atom is -0.491 e. The van der Waals surface area contributed by atoms with E-state index in [1.54, 1.807) is 28.4 Å². The predicted octanol–water partition coefficient (Wildman–Crippen LogP) is 4.68. The summed E-state index contributed by atoms with van der Waals surface area (Å²) in [5.74, 6) is 0.592. The van der Waals surface area contributed by atoms with Crippen LogP contribution in [0.25, 0.3) is 0 Å². The van der Waals surface area contributed by atoms with Crippen molar-refractivity contribution in [2.75, 3.05) is 26.2 Å². The Balaban J connectivity index is 1.50. The van der Waals surface area contributed by atoms with Crippen molar-refractivity contribution in [2.45, 2.75) is 45.6 Å². The van der Waals surface area contributed by atoms with Gasteiger partial charge in [0.15, 0.2) is 0 Å². The van der Waals surface area contributed by atoms with Crippen LogP contribution in [-0.2, 0) is 16.0 Å². The molecule has 1 aromatic carbocycles. The van der Waals surface area contributed by atoms with Crippen LogP contribution in [0.1, 0.15) is 49.6 Å². The van der Waals surface area contributed by atoms with E-state index in [1.165, 1.54) is 17.0 Å². The Morgan fingerprint density at radius 1 is 1.31 bits per heavy atom. The first-order chi connectivity index (χ1) is 15.5. The molecule has 0 saturated heterocycles. The van der Waals surface area contributed by atoms with Gasteiger partial charge in [0.05, 0.1) is 12.6 Å². The number of thiophene rings is 1. The predicted molar refractivity (Wildman–Crippen MR) is 123 cm³/mol. The van der Waals surface area contributed by atoms with Crippen molar-refractivity contribution >= 4 is 23.2 Å². The molecule has 5 nitrogen and oxygen atoms in total. The molecule has 0 bridgehead atoms. The van der Waals surface area contributed by atoms with Crippen LogP contribution in [0.2, 0.25) is 0 Å². The molecule has 2 atom stereocenters. The van der Waals surface area contributed by atoms with E-state index in [-0.39, 0.29) is 42.7 Å². The average molecular weight is 459 g/mol. The maximum absolute atomic E-state index is 13.6. The summed E-state index contributed by atoms with van der Waals surface area (Å²) >= 11 is 1.69. The van der Waals surface area contributed by atoms with E-state index in [0.29, 0.717) is 24.8 Å². The third-order valence-electron chi connectivity index (χ3n) is 6.41. The van der Waals surface area contributed by atoms with Gasteiger partial charge in [0, 0.05) is 30.0 Å². The number of fused-ring (bicyclic) bond motifs is 1. The highest BCUT2D eigenvalue weighted by atomic mass is 32.1. The summed E-state index contributed by atoms with van der Waals surface area (Å²) < 4.78 is 19.5. The minimum atomic E-state index is -0.352. The van der Waals surface area contributed by atoms with Crippen molar-refractivity contribution in [3.8, 4) is 5.75 Å². The first-order valence-electron chi connectivity index (χ1n) is 11.5. The summed E-state index contributed by atoms with van der Waals surface area (Å²) in [4.78, 5) is 31.2. The smallest absolute Gasteiger partial charge is 0.242 e. The lowest BCUT2D eigenvalue weighted by molar-refractivity contribution is -0.143. The Bertz CT molecular complexity index is 958. The molecule has 1 fully saturated rings. The van der Waals surface area contributed by atoms with Crippen molar-refractivity contribution in [2.24, 2.45) is 11.8 Å². The largest absolute Gasteiger partial charge is 0.491 e. The third-order valence-corrected chi connectivity index (χ3v) is 7.41. The molecular weight excluding hydrogens is 427 g/mol. The van der Waals surface area contributed by atoms with Gasteiger partial charge in [0.1, 0.15) is 18.2 Å². The zero-order valence-corrected chi connectivity index (χ0v) is 19.6. The number of rotatable bonds is 9. The van der Waals surface area contributed by atoms with Crippen LogP contribution >= 0.6 is 11.3 Å². The molecule has 32 heavy (non-hydrogen) atoms. The van der Waals surface area contributed by atoms with Crippen LogP contribution in [0.4, 0.5) is 4.39 Å². The summed E-state index contributed by atoms with van der Waals surface area (Å²) in [7, 11) is 0. The number of amides is 2. The Morgan fingerprint density at radius 2 is 2.12 bits per heavy atom. The molecule has 7 heteroatoms. The third kappa shape index (κ3) is 5.31. The van der Waals surface area contributed by atoms with Crippen LogP contribution in [-0.4, -0.2) is 47.9 Å². The summed E-state index contributed by atoms with van der Waals surface area (Å²) in [6, 6.07) is 7.86. The number of nitrogens with zero attached hydrogens (tertiary/aromatic N) is 2. The summed E-state index contributed by atoms with van der Waals surface area (Å²) in [6.07, 6.45) is 3.62. The second kappa shape index (κ2) is 10.0. The maximum Gasteiger partial charge on any atom is 0.242 e. The van der Waals surface area contributed by atoms with Gasteiger partial charge in [-0.05, 0) is 54.3 Å². The average Bonchev–Trinajstić information content (AvgIpc) is 3.52. The lowest BCUT2D eigenvalue weighted by Crippen LogP contribution is -2.48. The van der Waals surface area contributed by atoms with Gasteiger partial charge in [0.25, 0.3) is 0 Å². The number of carbonyl (C=O) groups excluding carboxylic acids is 2. The Kier molecular flexibility index (Phi) is 7.13. The topological polar surface area (TPSA) is 49.9 Å². The second-order valence-corrected chi connectivity index (χ2v) is 9.93. The molecule has 2 aliphatic rings. The normalized spacial score (nSPS) is 18.7.